The van der Waals surface area contributed by atoms with E-state index in [1.165, 1.54) is 24.3 Å². The highest BCUT2D eigenvalue weighted by Crippen LogP contribution is 2.34. The van der Waals surface area contributed by atoms with Gasteiger partial charge in [-0.2, -0.15) is 0 Å². The van der Waals surface area contributed by atoms with Crippen LogP contribution in [0.3, 0.4) is 0 Å². The van der Waals surface area contributed by atoms with Crippen LogP contribution in [0.2, 0.25) is 0 Å². The molecule has 0 aliphatic carbocycles. The van der Waals surface area contributed by atoms with Gasteiger partial charge in [0.15, 0.2) is 16.8 Å². The number of nitrogens with zero attached hydrogens (tertiary/aromatic N) is 3. The van der Waals surface area contributed by atoms with E-state index in [0.717, 1.165) is 47.2 Å². The molecule has 0 bridgehead atoms. The fraction of sp³-hybridized carbons (Fsp3) is 0.417. The van der Waals surface area contributed by atoms with Gasteiger partial charge in [-0.3, -0.25) is 19.0 Å². The maximum absolute atomic E-state index is 13.7. The summed E-state index contributed by atoms with van der Waals surface area (Å²) in [6.45, 7) is 3.52. The molecule has 1 aromatic carbocycles. The normalized spacial score (nSPS) is 17.4. The Bertz CT molecular complexity index is 1400. The van der Waals surface area contributed by atoms with Crippen molar-refractivity contribution in [2.45, 2.75) is 50.5 Å². The number of hydrogen-bond donors (Lipinski definition) is 1. The number of nitrogens with one attached hydrogen (secondary N) is 1. The second kappa shape index (κ2) is 10.3. The molecular weight excluding hydrogens is 510 g/mol. The zero-order valence-corrected chi connectivity index (χ0v) is 21.1. The second-order valence-corrected chi connectivity index (χ2v) is 10.8. The number of thioether (sulfide) groups is 1. The summed E-state index contributed by atoms with van der Waals surface area (Å²) in [5.41, 5.74) is 0.909. The summed E-state index contributed by atoms with van der Waals surface area (Å²) in [7, 11) is 0. The van der Waals surface area contributed by atoms with Crippen LogP contribution in [-0.4, -0.2) is 51.3 Å². The van der Waals surface area contributed by atoms with Gasteiger partial charge in [-0.15, -0.1) is 11.3 Å². The van der Waals surface area contributed by atoms with Crippen molar-refractivity contribution in [1.82, 2.24) is 14.5 Å². The number of amides is 2. The lowest BCUT2D eigenvalue weighted by molar-refractivity contribution is -0.129. The third-order valence-electron chi connectivity index (χ3n) is 6.32. The van der Waals surface area contributed by atoms with E-state index in [2.05, 4.69) is 5.32 Å². The van der Waals surface area contributed by atoms with Crippen LogP contribution in [0.15, 0.2) is 28.2 Å². The Labute approximate surface area is 213 Å². The van der Waals surface area contributed by atoms with Gasteiger partial charge in [0.2, 0.25) is 11.8 Å². The zero-order chi connectivity index (χ0) is 25.4. The van der Waals surface area contributed by atoms with Gasteiger partial charge >= 0.3 is 0 Å². The number of hydrogen-bond acceptors (Lipinski definition) is 7. The predicted octanol–water partition coefficient (Wildman–Crippen LogP) is 3.55. The molecule has 1 saturated heterocycles. The minimum atomic E-state index is -1.05. The van der Waals surface area contributed by atoms with Crippen molar-refractivity contribution in [3.8, 4) is 0 Å². The lowest BCUT2D eigenvalue weighted by atomic mass is 10.1. The fourth-order valence-electron chi connectivity index (χ4n) is 4.49. The number of fused-ring (bicyclic) bond motifs is 3. The van der Waals surface area contributed by atoms with E-state index < -0.39 is 17.5 Å². The summed E-state index contributed by atoms with van der Waals surface area (Å²) in [6.07, 6.45) is 2.23. The first-order valence-electron chi connectivity index (χ1n) is 11.6. The van der Waals surface area contributed by atoms with Crippen LogP contribution in [0.1, 0.15) is 30.2 Å². The summed E-state index contributed by atoms with van der Waals surface area (Å²) in [5, 5.41) is 3.51. The van der Waals surface area contributed by atoms with E-state index in [9.17, 15) is 23.2 Å². The molecule has 2 aliphatic rings. The van der Waals surface area contributed by atoms with E-state index in [4.69, 9.17) is 9.72 Å². The van der Waals surface area contributed by atoms with Crippen molar-refractivity contribution >= 4 is 50.8 Å². The highest BCUT2D eigenvalue weighted by molar-refractivity contribution is 7.99. The number of benzene rings is 1. The van der Waals surface area contributed by atoms with E-state index in [1.54, 1.807) is 9.47 Å². The maximum Gasteiger partial charge on any atom is 0.263 e. The van der Waals surface area contributed by atoms with Gasteiger partial charge in [0, 0.05) is 36.7 Å². The van der Waals surface area contributed by atoms with Gasteiger partial charge in [0.1, 0.15) is 4.83 Å². The fourth-order valence-corrected chi connectivity index (χ4v) is 6.58. The van der Waals surface area contributed by atoms with Crippen LogP contribution in [0, 0.1) is 11.6 Å². The zero-order valence-electron chi connectivity index (χ0n) is 19.5. The molecule has 2 aromatic heterocycles. The molecule has 0 saturated carbocycles. The molecule has 36 heavy (non-hydrogen) atoms. The van der Waals surface area contributed by atoms with Crippen molar-refractivity contribution < 1.29 is 23.1 Å². The van der Waals surface area contributed by atoms with Crippen molar-refractivity contribution in [2.75, 3.05) is 24.2 Å². The Morgan fingerprint density at radius 2 is 2.14 bits per heavy atom. The number of rotatable bonds is 6. The van der Waals surface area contributed by atoms with Crippen LogP contribution >= 0.6 is 23.1 Å². The van der Waals surface area contributed by atoms with E-state index in [1.807, 2.05) is 0 Å². The molecular formula is C24H24F2N4O4S2. The molecule has 8 nitrogen and oxygen atoms in total. The quantitative estimate of drug-likeness (QED) is 0.384. The Balaban J connectivity index is 1.43. The minimum Gasteiger partial charge on any atom is -0.376 e. The predicted molar refractivity (Wildman–Crippen MR) is 133 cm³/mol. The highest BCUT2D eigenvalue weighted by Gasteiger charge is 2.27. The Morgan fingerprint density at radius 1 is 1.31 bits per heavy atom. The number of halogens is 2. The number of ether oxygens (including phenoxy) is 1. The molecule has 1 N–H and O–H groups in total. The lowest BCUT2D eigenvalue weighted by Gasteiger charge is -2.25. The number of anilines is 1. The summed E-state index contributed by atoms with van der Waals surface area (Å²) in [6, 6.07) is 3.13. The largest absolute Gasteiger partial charge is 0.376 e. The van der Waals surface area contributed by atoms with Gasteiger partial charge < -0.3 is 15.0 Å². The Hall–Kier alpha value is -2.83. The first-order valence-corrected chi connectivity index (χ1v) is 13.4. The minimum absolute atomic E-state index is 0.00912. The lowest BCUT2D eigenvalue weighted by Crippen LogP contribution is -2.34. The van der Waals surface area contributed by atoms with Crippen molar-refractivity contribution in [3.05, 3.63) is 50.6 Å². The number of carbonyl (C=O) groups is 2. The summed E-state index contributed by atoms with van der Waals surface area (Å²) in [4.78, 5) is 46.1. The molecule has 1 fully saturated rings. The smallest absolute Gasteiger partial charge is 0.263 e. The van der Waals surface area contributed by atoms with Gasteiger partial charge in [0.25, 0.3) is 5.56 Å². The number of carbonyl (C=O) groups excluding carboxylic acids is 2. The SMILES string of the molecule is CC(=O)N1CCc2c(sc3nc(SCC(=O)Nc4ccc(F)c(F)c4)n(CC4CCCO4)c(=O)c23)C1. The van der Waals surface area contributed by atoms with Gasteiger partial charge in [-0.05, 0) is 37.0 Å². The maximum atomic E-state index is 13.7. The third kappa shape index (κ3) is 5.02. The third-order valence-corrected chi connectivity index (χ3v) is 8.40. The summed E-state index contributed by atoms with van der Waals surface area (Å²) < 4.78 is 34.0. The topological polar surface area (TPSA) is 93.5 Å². The van der Waals surface area contributed by atoms with Crippen molar-refractivity contribution in [1.29, 1.82) is 0 Å². The van der Waals surface area contributed by atoms with E-state index in [-0.39, 0.29) is 29.0 Å². The number of thiophene rings is 1. The first kappa shape index (κ1) is 24.8. The van der Waals surface area contributed by atoms with Gasteiger partial charge in [-0.25, -0.2) is 13.8 Å². The molecule has 2 aliphatic heterocycles. The van der Waals surface area contributed by atoms with E-state index in [0.29, 0.717) is 48.0 Å². The molecule has 0 spiro atoms. The summed E-state index contributed by atoms with van der Waals surface area (Å²) in [5.74, 6) is -2.58. The van der Waals surface area contributed by atoms with Crippen LogP contribution in [0.5, 0.6) is 0 Å². The molecule has 2 amide bonds. The van der Waals surface area contributed by atoms with Gasteiger partial charge in [-0.1, -0.05) is 11.8 Å². The van der Waals surface area contributed by atoms with Gasteiger partial charge in [0.05, 0.1) is 30.3 Å². The molecule has 0 radical (unpaired) electrons. The van der Waals surface area contributed by atoms with E-state index >= 15 is 0 Å². The Morgan fingerprint density at radius 3 is 2.86 bits per heavy atom. The van der Waals surface area contributed by atoms with Crippen molar-refractivity contribution in [3.63, 3.8) is 0 Å². The average molecular weight is 535 g/mol. The highest BCUT2D eigenvalue weighted by atomic mass is 32.2. The van der Waals surface area contributed by atoms with Crippen LogP contribution in [0.4, 0.5) is 14.5 Å². The molecule has 12 heteroatoms. The molecule has 190 valence electrons. The Kier molecular flexibility index (Phi) is 7.09. The molecule has 3 aromatic rings. The molecule has 1 unspecified atom stereocenters. The first-order chi connectivity index (χ1) is 17.3. The molecule has 5 rings (SSSR count). The monoisotopic (exact) mass is 534 g/mol. The van der Waals surface area contributed by atoms with Crippen molar-refractivity contribution in [2.24, 2.45) is 0 Å². The number of aromatic nitrogens is 2. The molecule has 1 atom stereocenters. The summed E-state index contributed by atoms with van der Waals surface area (Å²) >= 11 is 2.50. The van der Waals surface area contributed by atoms with Crippen LogP contribution < -0.4 is 10.9 Å². The van der Waals surface area contributed by atoms with Crippen LogP contribution in [-0.2, 0) is 33.8 Å². The van der Waals surface area contributed by atoms with Crippen LogP contribution in [0.25, 0.3) is 10.2 Å². The average Bonchev–Trinajstić information content (AvgIpc) is 3.49. The molecule has 4 heterocycles. The second-order valence-electron chi connectivity index (χ2n) is 8.79. The standard InChI is InChI=1S/C24H24F2N4O4S2/c1-13(31)29-7-6-16-19(11-29)36-22-21(16)23(33)30(10-15-3-2-8-34-15)24(28-22)35-12-20(32)27-14-4-5-17(25)18(26)9-14/h4-5,9,15H,2-3,6-8,10-12H2,1H3,(H,27,32).